The zero-order valence-corrected chi connectivity index (χ0v) is 13.7. The summed E-state index contributed by atoms with van der Waals surface area (Å²) in [4.78, 5) is 42.4. The molecule has 4 heterocycles. The Morgan fingerprint density at radius 1 is 1.21 bits per heavy atom. The molecule has 8 nitrogen and oxygen atoms in total. The van der Waals surface area contributed by atoms with E-state index in [9.17, 15) is 19.5 Å². The summed E-state index contributed by atoms with van der Waals surface area (Å²) in [5.41, 5.74) is -0.667. The van der Waals surface area contributed by atoms with Crippen molar-refractivity contribution >= 4 is 17.7 Å². The summed E-state index contributed by atoms with van der Waals surface area (Å²) in [7, 11) is 0. The Bertz CT molecular complexity index is 576. The molecule has 0 aromatic heterocycles. The van der Waals surface area contributed by atoms with E-state index in [4.69, 9.17) is 0 Å². The number of imide groups is 1. The molecule has 0 aromatic rings. The summed E-state index contributed by atoms with van der Waals surface area (Å²) in [6.45, 7) is 3.17. The Morgan fingerprint density at radius 3 is 2.62 bits per heavy atom. The number of carbonyl (C=O) groups excluding carboxylic acids is 3. The molecule has 2 unspecified atom stereocenters. The van der Waals surface area contributed by atoms with Gasteiger partial charge in [-0.05, 0) is 19.3 Å². The van der Waals surface area contributed by atoms with E-state index in [2.05, 4.69) is 5.32 Å². The van der Waals surface area contributed by atoms with E-state index in [1.54, 1.807) is 0 Å². The average molecular weight is 336 g/mol. The number of aliphatic hydroxyl groups is 1. The third-order valence-electron chi connectivity index (χ3n) is 5.84. The third kappa shape index (κ3) is 2.28. The van der Waals surface area contributed by atoms with E-state index in [0.29, 0.717) is 52.0 Å². The van der Waals surface area contributed by atoms with Crippen molar-refractivity contribution in [1.82, 2.24) is 20.0 Å². The van der Waals surface area contributed by atoms with Crippen molar-refractivity contribution in [1.29, 1.82) is 0 Å². The number of amides is 3. The zero-order chi connectivity index (χ0) is 16.9. The predicted molar refractivity (Wildman–Crippen MR) is 83.9 cm³/mol. The van der Waals surface area contributed by atoms with Gasteiger partial charge in [0.2, 0.25) is 11.8 Å². The molecule has 4 fully saturated rings. The summed E-state index contributed by atoms with van der Waals surface area (Å²) >= 11 is 0. The van der Waals surface area contributed by atoms with Gasteiger partial charge in [-0.15, -0.1) is 0 Å². The molecule has 132 valence electrons. The van der Waals surface area contributed by atoms with Crippen LogP contribution in [0.4, 0.5) is 0 Å². The van der Waals surface area contributed by atoms with Gasteiger partial charge in [0.1, 0.15) is 5.54 Å². The van der Waals surface area contributed by atoms with Crippen LogP contribution in [0.3, 0.4) is 0 Å². The van der Waals surface area contributed by atoms with Crippen LogP contribution in [-0.4, -0.2) is 94.5 Å². The second-order valence-electron chi connectivity index (χ2n) is 7.33. The molecule has 4 saturated heterocycles. The number of likely N-dealkylation sites (tertiary alicyclic amines) is 1. The fraction of sp³-hybridized carbons (Fsp3) is 0.812. The van der Waals surface area contributed by atoms with E-state index in [1.807, 2.05) is 9.80 Å². The number of β-amino-alcohol motifs (C(OH)–C–C–N with tert-alkyl or cyclic N) is 1. The number of hydrogen-bond donors (Lipinski definition) is 2. The average Bonchev–Trinajstić information content (AvgIpc) is 3.08. The number of aliphatic hydroxyl groups excluding tert-OH is 1. The Kier molecular flexibility index (Phi) is 3.85. The van der Waals surface area contributed by atoms with Gasteiger partial charge in [-0.3, -0.25) is 24.2 Å². The molecule has 4 aliphatic heterocycles. The maximum Gasteiger partial charge on any atom is 0.252 e. The molecule has 2 N–H and O–H groups in total. The molecule has 1 spiro atoms. The maximum atomic E-state index is 12.9. The van der Waals surface area contributed by atoms with Crippen LogP contribution in [0.5, 0.6) is 0 Å². The van der Waals surface area contributed by atoms with Crippen LogP contribution < -0.4 is 5.32 Å². The SMILES string of the molecule is O=C1CCCN1CCCN1C(=O)C2CC(O)CN2C2(CNC2)C1=O. The Balaban J connectivity index is 1.45. The molecule has 3 amide bonds. The van der Waals surface area contributed by atoms with Crippen LogP contribution in [0.15, 0.2) is 0 Å². The van der Waals surface area contributed by atoms with Crippen molar-refractivity contribution in [2.24, 2.45) is 0 Å². The topological polar surface area (TPSA) is 93.2 Å². The number of rotatable bonds is 4. The van der Waals surface area contributed by atoms with E-state index in [1.165, 1.54) is 4.90 Å². The minimum atomic E-state index is -0.667. The highest BCUT2D eigenvalue weighted by atomic mass is 16.3. The third-order valence-corrected chi connectivity index (χ3v) is 5.84. The molecule has 4 rings (SSSR count). The fourth-order valence-electron chi connectivity index (χ4n) is 4.46. The highest BCUT2D eigenvalue weighted by Gasteiger charge is 2.61. The summed E-state index contributed by atoms with van der Waals surface area (Å²) < 4.78 is 0. The van der Waals surface area contributed by atoms with Gasteiger partial charge in [0.25, 0.3) is 5.91 Å². The lowest BCUT2D eigenvalue weighted by Crippen LogP contribution is -2.81. The second-order valence-corrected chi connectivity index (χ2v) is 7.33. The van der Waals surface area contributed by atoms with Gasteiger partial charge in [0.05, 0.1) is 12.1 Å². The zero-order valence-electron chi connectivity index (χ0n) is 13.7. The Labute approximate surface area is 140 Å². The van der Waals surface area contributed by atoms with E-state index < -0.39 is 17.7 Å². The van der Waals surface area contributed by atoms with E-state index in [-0.39, 0.29) is 17.7 Å². The molecule has 2 atom stereocenters. The number of nitrogens with zero attached hydrogens (tertiary/aromatic N) is 3. The first-order valence-corrected chi connectivity index (χ1v) is 8.82. The number of hydrogen-bond acceptors (Lipinski definition) is 6. The maximum absolute atomic E-state index is 12.9. The van der Waals surface area contributed by atoms with Gasteiger partial charge in [-0.1, -0.05) is 0 Å². The first kappa shape index (κ1) is 16.0. The quantitative estimate of drug-likeness (QED) is 0.585. The molecule has 0 aromatic carbocycles. The molecule has 0 saturated carbocycles. The second kappa shape index (κ2) is 5.79. The minimum absolute atomic E-state index is 0.149. The van der Waals surface area contributed by atoms with Crippen molar-refractivity contribution in [2.45, 2.75) is 43.4 Å². The summed E-state index contributed by atoms with van der Waals surface area (Å²) in [6.07, 6.45) is 1.96. The molecule has 0 aliphatic carbocycles. The molecule has 4 aliphatic rings. The van der Waals surface area contributed by atoms with Crippen molar-refractivity contribution in [2.75, 3.05) is 39.3 Å². The Morgan fingerprint density at radius 2 is 2.00 bits per heavy atom. The van der Waals surface area contributed by atoms with Gasteiger partial charge in [0, 0.05) is 45.7 Å². The van der Waals surface area contributed by atoms with Gasteiger partial charge < -0.3 is 15.3 Å². The van der Waals surface area contributed by atoms with Crippen molar-refractivity contribution in [3.8, 4) is 0 Å². The van der Waals surface area contributed by atoms with Gasteiger partial charge in [-0.25, -0.2) is 0 Å². The number of piperazine rings is 1. The fourth-order valence-corrected chi connectivity index (χ4v) is 4.46. The summed E-state index contributed by atoms with van der Waals surface area (Å²) in [5, 5.41) is 13.1. The first-order chi connectivity index (χ1) is 11.5. The highest BCUT2D eigenvalue weighted by molar-refractivity contribution is 6.06. The molecule has 8 heteroatoms. The number of fused-ring (bicyclic) bond motifs is 2. The van der Waals surface area contributed by atoms with Gasteiger partial charge in [-0.2, -0.15) is 0 Å². The van der Waals surface area contributed by atoms with Crippen molar-refractivity contribution in [3.63, 3.8) is 0 Å². The normalized spacial score (nSPS) is 32.6. The predicted octanol–water partition coefficient (Wildman–Crippen LogP) is -1.86. The van der Waals surface area contributed by atoms with Crippen LogP contribution in [0.25, 0.3) is 0 Å². The van der Waals surface area contributed by atoms with Gasteiger partial charge in [0.15, 0.2) is 0 Å². The van der Waals surface area contributed by atoms with Crippen LogP contribution in [0, 0.1) is 0 Å². The molecule has 0 radical (unpaired) electrons. The molecular formula is C16H24N4O4. The first-order valence-electron chi connectivity index (χ1n) is 8.82. The van der Waals surface area contributed by atoms with Crippen LogP contribution in [-0.2, 0) is 14.4 Å². The van der Waals surface area contributed by atoms with Crippen LogP contribution in [0.1, 0.15) is 25.7 Å². The molecular weight excluding hydrogens is 312 g/mol. The lowest BCUT2D eigenvalue weighted by atomic mass is 9.84. The largest absolute Gasteiger partial charge is 0.392 e. The smallest absolute Gasteiger partial charge is 0.252 e. The summed E-state index contributed by atoms with van der Waals surface area (Å²) in [6, 6.07) is -0.395. The van der Waals surface area contributed by atoms with Crippen LogP contribution in [0.2, 0.25) is 0 Å². The van der Waals surface area contributed by atoms with E-state index >= 15 is 0 Å². The van der Waals surface area contributed by atoms with Gasteiger partial charge >= 0.3 is 0 Å². The summed E-state index contributed by atoms with van der Waals surface area (Å²) in [5.74, 6) is -0.178. The molecule has 0 bridgehead atoms. The van der Waals surface area contributed by atoms with Crippen molar-refractivity contribution < 1.29 is 19.5 Å². The monoisotopic (exact) mass is 336 g/mol. The van der Waals surface area contributed by atoms with Crippen molar-refractivity contribution in [3.05, 3.63) is 0 Å². The lowest BCUT2D eigenvalue weighted by Gasteiger charge is -2.54. The number of carbonyl (C=O) groups is 3. The molecule has 24 heavy (non-hydrogen) atoms. The standard InChI is InChI=1S/C16H24N4O4/c21-11-7-12-14(23)19(6-2-5-18-4-1-3-13(18)22)15(24)16(9-17-10-16)20(12)8-11/h11-12,17,21H,1-10H2. The highest BCUT2D eigenvalue weighted by Crippen LogP contribution is 2.37. The van der Waals surface area contributed by atoms with E-state index in [0.717, 1.165) is 13.0 Å². The lowest BCUT2D eigenvalue weighted by molar-refractivity contribution is -0.170. The Hall–Kier alpha value is -1.51. The minimum Gasteiger partial charge on any atom is -0.392 e. The van der Waals surface area contributed by atoms with Crippen LogP contribution >= 0.6 is 0 Å². The number of nitrogens with one attached hydrogen (secondary N) is 1.